The number of thioether (sulfide) groups is 1. The average Bonchev–Trinajstić information content (AvgIpc) is 3.04. The number of aliphatic carboxylic acids is 1. The number of carbonyl (C=O) groups is 3. The van der Waals surface area contributed by atoms with Crippen molar-refractivity contribution in [1.29, 1.82) is 0 Å². The molecule has 32 heavy (non-hydrogen) atoms. The molecule has 2 heterocycles. The summed E-state index contributed by atoms with van der Waals surface area (Å²) in [6, 6.07) is 4.48. The Bertz CT molecular complexity index is 1240. The first kappa shape index (κ1) is 22.9. The first-order valence-electron chi connectivity index (χ1n) is 9.29. The van der Waals surface area contributed by atoms with Crippen LogP contribution in [0.15, 0.2) is 34.2 Å². The maximum Gasteiger partial charge on any atom is 0.327 e. The van der Waals surface area contributed by atoms with Crippen molar-refractivity contribution in [1.82, 2.24) is 24.8 Å². The van der Waals surface area contributed by atoms with Crippen LogP contribution in [0.3, 0.4) is 0 Å². The monoisotopic (exact) mass is 462 g/mol. The van der Waals surface area contributed by atoms with E-state index < -0.39 is 35.2 Å². The zero-order valence-electron chi connectivity index (χ0n) is 17.0. The van der Waals surface area contributed by atoms with Crippen LogP contribution >= 0.6 is 11.8 Å². The summed E-state index contributed by atoms with van der Waals surface area (Å²) >= 11 is 1.00. The maximum absolute atomic E-state index is 13.3. The van der Waals surface area contributed by atoms with Crippen LogP contribution in [-0.2, 0) is 20.9 Å². The Morgan fingerprint density at radius 3 is 2.47 bits per heavy atom. The zero-order valence-corrected chi connectivity index (χ0v) is 17.8. The molecule has 0 aliphatic heterocycles. The maximum atomic E-state index is 13.3. The van der Waals surface area contributed by atoms with E-state index in [1.54, 1.807) is 16.7 Å². The van der Waals surface area contributed by atoms with Crippen LogP contribution in [0.4, 0.5) is 10.3 Å². The summed E-state index contributed by atoms with van der Waals surface area (Å²) in [6.07, 6.45) is 0. The van der Waals surface area contributed by atoms with Crippen LogP contribution in [0.2, 0.25) is 0 Å². The lowest BCUT2D eigenvalue weighted by Crippen LogP contribution is -2.41. The standard InChI is InChI=1S/C19H19FN6O5S/c1-9(27)21-13(17(30)31)8-32-19-23-14-15(24-18(22-10(2)28)25-16(14)29)26(19)7-11-3-5-12(20)6-4-11/h3-6,13H,7-8H2,1-2H3,(H,21,27)(H,30,31)(H2,22,24,25,28,29)/t13-/m0/s1. The number of aromatic amines is 1. The fourth-order valence-electron chi connectivity index (χ4n) is 2.82. The molecule has 0 aliphatic carbocycles. The average molecular weight is 462 g/mol. The Balaban J connectivity index is 2.04. The third-order valence-corrected chi connectivity index (χ3v) is 5.24. The first-order chi connectivity index (χ1) is 15.1. The number of benzene rings is 1. The second-order valence-corrected chi connectivity index (χ2v) is 7.76. The summed E-state index contributed by atoms with van der Waals surface area (Å²) < 4.78 is 14.9. The molecule has 1 atom stereocenters. The number of amides is 2. The number of hydrogen-bond acceptors (Lipinski definition) is 7. The number of fused-ring (bicyclic) bond motifs is 1. The van der Waals surface area contributed by atoms with Gasteiger partial charge in [-0.2, -0.15) is 4.98 Å². The lowest BCUT2D eigenvalue weighted by molar-refractivity contribution is -0.140. The van der Waals surface area contributed by atoms with Crippen LogP contribution in [0, 0.1) is 5.82 Å². The van der Waals surface area contributed by atoms with Crippen LogP contribution in [0.5, 0.6) is 0 Å². The van der Waals surface area contributed by atoms with Crippen molar-refractivity contribution in [3.05, 3.63) is 46.0 Å². The number of H-pyrrole nitrogens is 1. The van der Waals surface area contributed by atoms with Gasteiger partial charge < -0.3 is 10.4 Å². The Hall–Kier alpha value is -3.74. The fourth-order valence-corrected chi connectivity index (χ4v) is 3.82. The third kappa shape index (κ3) is 5.49. The van der Waals surface area contributed by atoms with E-state index in [1.165, 1.54) is 26.0 Å². The molecule has 4 N–H and O–H groups in total. The van der Waals surface area contributed by atoms with E-state index in [-0.39, 0.29) is 34.6 Å². The Morgan fingerprint density at radius 2 is 1.88 bits per heavy atom. The second kappa shape index (κ2) is 9.60. The molecule has 2 aromatic heterocycles. The van der Waals surface area contributed by atoms with E-state index in [0.717, 1.165) is 11.8 Å². The second-order valence-electron chi connectivity index (χ2n) is 6.78. The highest BCUT2D eigenvalue weighted by Crippen LogP contribution is 2.24. The first-order valence-corrected chi connectivity index (χ1v) is 10.3. The molecular weight excluding hydrogens is 443 g/mol. The molecule has 1 aromatic carbocycles. The number of hydrogen-bond donors (Lipinski definition) is 4. The molecule has 168 valence electrons. The molecule has 0 bridgehead atoms. The van der Waals surface area contributed by atoms with Crippen molar-refractivity contribution in [2.45, 2.75) is 31.6 Å². The van der Waals surface area contributed by atoms with Gasteiger partial charge in [0.05, 0.1) is 6.54 Å². The number of rotatable bonds is 8. The van der Waals surface area contributed by atoms with Gasteiger partial charge in [0, 0.05) is 19.6 Å². The SMILES string of the molecule is CC(=O)Nc1nc2c(nc(SC[C@H](NC(C)=O)C(=O)O)n2Cc2ccc(F)cc2)c(=O)[nH]1. The van der Waals surface area contributed by atoms with Gasteiger partial charge in [0.15, 0.2) is 16.3 Å². The molecule has 0 fully saturated rings. The quantitative estimate of drug-likeness (QED) is 0.360. The molecule has 13 heteroatoms. The molecule has 0 radical (unpaired) electrons. The van der Waals surface area contributed by atoms with Gasteiger partial charge in [-0.1, -0.05) is 23.9 Å². The normalized spacial score (nSPS) is 11.8. The Morgan fingerprint density at radius 1 is 1.19 bits per heavy atom. The lowest BCUT2D eigenvalue weighted by Gasteiger charge is -2.13. The van der Waals surface area contributed by atoms with Crippen molar-refractivity contribution in [2.75, 3.05) is 11.1 Å². The number of nitrogens with zero attached hydrogens (tertiary/aromatic N) is 3. The molecule has 2 amide bonds. The van der Waals surface area contributed by atoms with Gasteiger partial charge in [0.2, 0.25) is 17.8 Å². The van der Waals surface area contributed by atoms with Crippen molar-refractivity contribution >= 4 is 46.7 Å². The van der Waals surface area contributed by atoms with E-state index in [9.17, 15) is 28.7 Å². The zero-order chi connectivity index (χ0) is 23.4. The van der Waals surface area contributed by atoms with Gasteiger partial charge in [-0.25, -0.2) is 14.2 Å². The number of anilines is 1. The number of halogens is 1. The van der Waals surface area contributed by atoms with Gasteiger partial charge in [0.1, 0.15) is 11.9 Å². The van der Waals surface area contributed by atoms with Crippen LogP contribution in [-0.4, -0.2) is 54.2 Å². The van der Waals surface area contributed by atoms with Crippen LogP contribution < -0.4 is 16.2 Å². The van der Waals surface area contributed by atoms with E-state index >= 15 is 0 Å². The third-order valence-electron chi connectivity index (χ3n) is 4.17. The summed E-state index contributed by atoms with van der Waals surface area (Å²) in [7, 11) is 0. The highest BCUT2D eigenvalue weighted by molar-refractivity contribution is 7.99. The van der Waals surface area contributed by atoms with E-state index in [4.69, 9.17) is 0 Å². The number of carboxylic acids is 1. The predicted octanol–water partition coefficient (Wildman–Crippen LogP) is 0.947. The lowest BCUT2D eigenvalue weighted by atomic mass is 10.2. The van der Waals surface area contributed by atoms with Crippen molar-refractivity contribution in [2.24, 2.45) is 0 Å². The summed E-state index contributed by atoms with van der Waals surface area (Å²) in [4.78, 5) is 57.6. The van der Waals surface area contributed by atoms with E-state index in [0.29, 0.717) is 5.56 Å². The minimum absolute atomic E-state index is 0.0184. The molecule has 0 saturated heterocycles. The smallest absolute Gasteiger partial charge is 0.327 e. The van der Waals surface area contributed by atoms with Crippen molar-refractivity contribution in [3.8, 4) is 0 Å². The van der Waals surface area contributed by atoms with Crippen molar-refractivity contribution < 1.29 is 23.9 Å². The van der Waals surface area contributed by atoms with Gasteiger partial charge >= 0.3 is 5.97 Å². The number of nitrogens with one attached hydrogen (secondary N) is 3. The molecule has 0 saturated carbocycles. The largest absolute Gasteiger partial charge is 0.480 e. The van der Waals surface area contributed by atoms with Crippen LogP contribution in [0.25, 0.3) is 11.2 Å². The highest BCUT2D eigenvalue weighted by Gasteiger charge is 2.22. The molecule has 0 aliphatic rings. The van der Waals surface area contributed by atoms with Crippen LogP contribution in [0.1, 0.15) is 19.4 Å². The Kier molecular flexibility index (Phi) is 6.88. The topological polar surface area (TPSA) is 159 Å². The van der Waals surface area contributed by atoms with Gasteiger partial charge in [-0.15, -0.1) is 0 Å². The summed E-state index contributed by atoms with van der Waals surface area (Å²) in [6.45, 7) is 2.61. The summed E-state index contributed by atoms with van der Waals surface area (Å²) in [5, 5.41) is 14.3. The number of carboxylic acid groups (broad SMARTS) is 1. The molecular formula is C19H19FN6O5S. The number of carbonyl (C=O) groups excluding carboxylic acids is 2. The minimum atomic E-state index is -1.22. The highest BCUT2D eigenvalue weighted by atomic mass is 32.2. The molecule has 3 aromatic rings. The summed E-state index contributed by atoms with van der Waals surface area (Å²) in [5.74, 6) is -2.73. The fraction of sp³-hybridized carbons (Fsp3) is 0.263. The predicted molar refractivity (Wildman–Crippen MR) is 114 cm³/mol. The van der Waals surface area contributed by atoms with Crippen molar-refractivity contribution in [3.63, 3.8) is 0 Å². The number of imidazole rings is 1. The summed E-state index contributed by atoms with van der Waals surface area (Å²) in [5.41, 5.74) is 0.202. The van der Waals surface area contributed by atoms with E-state index in [2.05, 4.69) is 25.6 Å². The molecule has 0 unspecified atom stereocenters. The van der Waals surface area contributed by atoms with Gasteiger partial charge in [0.25, 0.3) is 5.56 Å². The Labute approximate surface area is 184 Å². The van der Waals surface area contributed by atoms with Gasteiger partial charge in [-0.05, 0) is 17.7 Å². The molecule has 3 rings (SSSR count). The molecule has 11 nitrogen and oxygen atoms in total. The van der Waals surface area contributed by atoms with E-state index in [1.807, 2.05) is 0 Å². The molecule has 0 spiro atoms. The van der Waals surface area contributed by atoms with Gasteiger partial charge in [-0.3, -0.25) is 29.3 Å². The number of aromatic nitrogens is 4. The minimum Gasteiger partial charge on any atom is -0.480 e.